The van der Waals surface area contributed by atoms with Gasteiger partial charge in [0.2, 0.25) is 28.9 Å². The lowest BCUT2D eigenvalue weighted by Gasteiger charge is -2.37. The zero-order chi connectivity index (χ0) is 40.1. The summed E-state index contributed by atoms with van der Waals surface area (Å²) in [5, 5.41) is 11.2. The Hall–Kier alpha value is -2.84. The molecule has 13 nitrogen and oxygen atoms in total. The van der Waals surface area contributed by atoms with Gasteiger partial charge in [-0.1, -0.05) is 106 Å². The van der Waals surface area contributed by atoms with E-state index in [1.54, 1.807) is 7.05 Å². The molecule has 0 aromatic carbocycles. The molecular formula is C39H72N6O7S. The van der Waals surface area contributed by atoms with Crippen LogP contribution in [0.3, 0.4) is 0 Å². The zero-order valence-electron chi connectivity index (χ0n) is 34.2. The number of hydrogen-bond acceptors (Lipinski definition) is 7. The van der Waals surface area contributed by atoms with Gasteiger partial charge < -0.3 is 26.2 Å². The first-order valence-electron chi connectivity index (χ1n) is 20.0. The van der Waals surface area contributed by atoms with Crippen molar-refractivity contribution in [3.63, 3.8) is 0 Å². The van der Waals surface area contributed by atoms with Crippen LogP contribution in [0, 0.1) is 17.3 Å². The molecule has 5 unspecified atom stereocenters. The fraction of sp³-hybridized carbons (Fsp3) is 0.821. The van der Waals surface area contributed by atoms with Crippen molar-refractivity contribution >= 4 is 40.8 Å². The van der Waals surface area contributed by atoms with E-state index in [-0.39, 0.29) is 24.9 Å². The predicted octanol–water partition coefficient (Wildman–Crippen LogP) is 5.18. The van der Waals surface area contributed by atoms with Gasteiger partial charge in [-0.05, 0) is 49.4 Å². The molecule has 1 saturated heterocycles. The van der Waals surface area contributed by atoms with Crippen LogP contribution in [0.15, 0.2) is 12.7 Å². The van der Waals surface area contributed by atoms with Gasteiger partial charge in [0, 0.05) is 32.7 Å². The maximum atomic E-state index is 14.2. The third-order valence-electron chi connectivity index (χ3n) is 10.1. The third kappa shape index (κ3) is 17.0. The molecule has 5 atom stereocenters. The number of nitrogens with zero attached hydrogens (tertiary/aromatic N) is 2. The summed E-state index contributed by atoms with van der Waals surface area (Å²) in [6.07, 6.45) is 13.1. The smallest absolute Gasteiger partial charge is 0.315 e. The molecule has 3 fully saturated rings. The summed E-state index contributed by atoms with van der Waals surface area (Å²) in [5.74, 6) is -1.29. The van der Waals surface area contributed by atoms with Crippen molar-refractivity contribution in [2.75, 3.05) is 33.8 Å². The number of rotatable bonds is 18. The molecule has 0 bridgehead atoms. The van der Waals surface area contributed by atoms with Crippen molar-refractivity contribution in [2.45, 2.75) is 156 Å². The molecule has 0 aromatic heterocycles. The first kappa shape index (κ1) is 48.2. The minimum absolute atomic E-state index is 0.0968. The van der Waals surface area contributed by atoms with Crippen molar-refractivity contribution in [3.05, 3.63) is 12.7 Å². The van der Waals surface area contributed by atoms with Crippen molar-refractivity contribution in [1.82, 2.24) is 30.5 Å². The average Bonchev–Trinajstić information content (AvgIpc) is 3.88. The van der Waals surface area contributed by atoms with Crippen LogP contribution in [0.2, 0.25) is 0 Å². The van der Waals surface area contributed by atoms with E-state index in [1.807, 2.05) is 41.5 Å². The van der Waals surface area contributed by atoms with Crippen molar-refractivity contribution in [3.8, 4) is 0 Å². The number of carbonyl (C=O) groups is 5. The minimum atomic E-state index is -1.67. The average molecular weight is 769 g/mol. The van der Waals surface area contributed by atoms with Gasteiger partial charge in [0.05, 0.1) is 13.2 Å². The molecule has 53 heavy (non-hydrogen) atoms. The van der Waals surface area contributed by atoms with Crippen LogP contribution >= 0.6 is 0 Å². The highest BCUT2D eigenvalue weighted by Crippen LogP contribution is 2.31. The second kappa shape index (κ2) is 25.3. The number of ketones is 1. The summed E-state index contributed by atoms with van der Waals surface area (Å²) >= 11 is -1.67. The number of carbonyl (C=O) groups excluding carboxylic acids is 5. The van der Waals surface area contributed by atoms with E-state index in [1.165, 1.54) is 41.7 Å². The number of amides is 5. The Morgan fingerprint density at radius 2 is 1.60 bits per heavy atom. The van der Waals surface area contributed by atoms with Crippen LogP contribution in [-0.4, -0.2) is 101 Å². The van der Waals surface area contributed by atoms with Crippen molar-refractivity contribution in [1.29, 1.82) is 0 Å². The largest absolute Gasteiger partial charge is 0.346 e. The molecule has 0 radical (unpaired) electrons. The number of likely N-dealkylation sites (tertiary alicyclic amines) is 1. The minimum Gasteiger partial charge on any atom is -0.346 e. The molecule has 0 spiro atoms. The van der Waals surface area contributed by atoms with Gasteiger partial charge in [-0.3, -0.25) is 23.4 Å². The van der Waals surface area contributed by atoms with E-state index in [0.717, 1.165) is 44.4 Å². The Kier molecular flexibility index (Phi) is 23.0. The number of likely N-dealkylation sites (N-methyl/N-ethyl adjacent to an activating group) is 1. The lowest BCUT2D eigenvalue weighted by molar-refractivity contribution is -0.143. The standard InChI is InChI=1S/C32H56N6O7S.C5H10.C2H6/c1-8-10-17-23(27(39)29(41)33-19-9-2)34-28(40)24-18-14-20-38(24)30(42)26(22-15-12-11-13-16-22)36-31(43)35-25(32(3,4)5)21-37(6)46(44)45-7;1-2-5-3-4-5;1-2/h9,22-26H,2,8,10-21H2,1,3-7H3,(H,33,41)(H,34,40)(H2,35,36,43);5H,2-4H2,1H3;1-2H3. The lowest BCUT2D eigenvalue weighted by atomic mass is 9.83. The second-order valence-corrected chi connectivity index (χ2v) is 16.6. The first-order valence-corrected chi connectivity index (χ1v) is 21.0. The van der Waals surface area contributed by atoms with Crippen molar-refractivity contribution < 1.29 is 32.4 Å². The Morgan fingerprint density at radius 3 is 2.11 bits per heavy atom. The molecule has 3 aliphatic rings. The van der Waals surface area contributed by atoms with Gasteiger partial charge in [0.25, 0.3) is 5.91 Å². The number of hydrogen-bond donors (Lipinski definition) is 4. The second-order valence-electron chi connectivity index (χ2n) is 15.2. The van der Waals surface area contributed by atoms with Gasteiger partial charge in [0.1, 0.15) is 12.1 Å². The van der Waals surface area contributed by atoms with Crippen LogP contribution in [0.4, 0.5) is 4.79 Å². The quantitative estimate of drug-likeness (QED) is 0.110. The van der Waals surface area contributed by atoms with Crippen LogP contribution < -0.4 is 21.3 Å². The summed E-state index contributed by atoms with van der Waals surface area (Å²) in [4.78, 5) is 68.1. The molecule has 3 rings (SSSR count). The SMILES string of the molecule is C=CCNC(=O)C(=O)C(CCCC)NC(=O)C1CCCN1C(=O)C(NC(=O)NC(CN(C)S(=O)OC)C(C)(C)C)C1CCCCC1.CC.CCC1CC1. The van der Waals surface area contributed by atoms with E-state index in [4.69, 9.17) is 4.18 Å². The highest BCUT2D eigenvalue weighted by atomic mass is 32.2. The molecule has 5 amide bonds. The Labute approximate surface area is 322 Å². The maximum Gasteiger partial charge on any atom is 0.315 e. The predicted molar refractivity (Wildman–Crippen MR) is 212 cm³/mol. The highest BCUT2D eigenvalue weighted by Gasteiger charge is 2.42. The normalized spacial score (nSPS) is 19.6. The number of unbranched alkanes of at least 4 members (excludes halogenated alkanes) is 1. The topological polar surface area (TPSA) is 166 Å². The first-order chi connectivity index (χ1) is 25.2. The maximum absolute atomic E-state index is 14.2. The van der Waals surface area contributed by atoms with Gasteiger partial charge in [-0.25, -0.2) is 13.3 Å². The highest BCUT2D eigenvalue weighted by molar-refractivity contribution is 7.77. The van der Waals surface area contributed by atoms with E-state index >= 15 is 0 Å². The molecule has 1 aliphatic heterocycles. The summed E-state index contributed by atoms with van der Waals surface area (Å²) in [7, 11) is 2.98. The van der Waals surface area contributed by atoms with E-state index in [2.05, 4.69) is 34.8 Å². The van der Waals surface area contributed by atoms with Crippen LogP contribution in [0.1, 0.15) is 132 Å². The summed E-state index contributed by atoms with van der Waals surface area (Å²) < 4.78 is 18.6. The van der Waals surface area contributed by atoms with Gasteiger partial charge >= 0.3 is 6.03 Å². The molecule has 14 heteroatoms. The molecule has 306 valence electrons. The number of Topliss-reactive ketones (excluding diaryl/α,β-unsaturated/α-hetero) is 1. The fourth-order valence-electron chi connectivity index (χ4n) is 6.53. The molecular weight excluding hydrogens is 697 g/mol. The molecule has 0 aromatic rings. The zero-order valence-corrected chi connectivity index (χ0v) is 35.0. The molecule has 2 aliphatic carbocycles. The van der Waals surface area contributed by atoms with Crippen LogP contribution in [0.5, 0.6) is 0 Å². The van der Waals surface area contributed by atoms with Gasteiger partial charge in [-0.2, -0.15) is 0 Å². The van der Waals surface area contributed by atoms with Gasteiger partial charge in [-0.15, -0.1) is 6.58 Å². The lowest BCUT2D eigenvalue weighted by Crippen LogP contribution is -2.60. The Morgan fingerprint density at radius 1 is 0.962 bits per heavy atom. The molecule has 1 heterocycles. The Bertz CT molecular complexity index is 1190. The van der Waals surface area contributed by atoms with Crippen LogP contribution in [0.25, 0.3) is 0 Å². The van der Waals surface area contributed by atoms with E-state index < -0.39 is 64.5 Å². The number of nitrogens with one attached hydrogen (secondary N) is 4. The molecule has 2 saturated carbocycles. The third-order valence-corrected chi connectivity index (χ3v) is 11.0. The summed E-state index contributed by atoms with van der Waals surface area (Å²) in [5.41, 5.74) is -0.402. The van der Waals surface area contributed by atoms with Gasteiger partial charge in [0.15, 0.2) is 0 Å². The monoisotopic (exact) mass is 769 g/mol. The van der Waals surface area contributed by atoms with Crippen LogP contribution in [-0.2, 0) is 34.6 Å². The number of urea groups is 1. The van der Waals surface area contributed by atoms with E-state index in [0.29, 0.717) is 32.2 Å². The summed E-state index contributed by atoms with van der Waals surface area (Å²) in [6.45, 7) is 18.4. The summed E-state index contributed by atoms with van der Waals surface area (Å²) in [6, 6.07) is -3.62. The van der Waals surface area contributed by atoms with Crippen molar-refractivity contribution in [2.24, 2.45) is 17.3 Å². The van der Waals surface area contributed by atoms with E-state index in [9.17, 15) is 28.2 Å². The fourth-order valence-corrected chi connectivity index (χ4v) is 7.06. The molecule has 4 N–H and O–H groups in total. The Balaban J connectivity index is 0.00000181.